The van der Waals surface area contributed by atoms with E-state index < -0.39 is 11.6 Å². The van der Waals surface area contributed by atoms with E-state index in [2.05, 4.69) is 0 Å². The van der Waals surface area contributed by atoms with Gasteiger partial charge in [0.05, 0.1) is 0 Å². The first-order valence-electron chi connectivity index (χ1n) is 7.42. The maximum absolute atomic E-state index is 11.7. The number of carboxylic acids is 1. The van der Waals surface area contributed by atoms with Crippen molar-refractivity contribution in [1.82, 2.24) is 0 Å². The maximum Gasteiger partial charge on any atom is 0.335 e. The van der Waals surface area contributed by atoms with Gasteiger partial charge in [-0.15, -0.1) is 0 Å². The predicted octanol–water partition coefficient (Wildman–Crippen LogP) is 2.94. The van der Waals surface area contributed by atoms with E-state index in [-0.39, 0.29) is 5.92 Å². The Kier molecular flexibility index (Phi) is 2.92. The van der Waals surface area contributed by atoms with E-state index in [1.807, 2.05) is 13.8 Å². The van der Waals surface area contributed by atoms with Crippen molar-refractivity contribution in [2.24, 2.45) is 29.6 Å². The van der Waals surface area contributed by atoms with Crippen LogP contribution >= 0.6 is 0 Å². The van der Waals surface area contributed by atoms with Crippen molar-refractivity contribution in [1.29, 1.82) is 0 Å². The normalized spacial score (nSPS) is 44.9. The molecule has 102 valence electrons. The van der Waals surface area contributed by atoms with Crippen LogP contribution in [0.25, 0.3) is 0 Å². The van der Waals surface area contributed by atoms with Gasteiger partial charge < -0.3 is 9.84 Å². The van der Waals surface area contributed by atoms with Crippen LogP contribution in [0.2, 0.25) is 0 Å². The fourth-order valence-corrected chi connectivity index (χ4v) is 5.43. The summed E-state index contributed by atoms with van der Waals surface area (Å²) in [4.78, 5) is 11.7. The van der Waals surface area contributed by atoms with Gasteiger partial charge in [0.2, 0.25) is 0 Å². The topological polar surface area (TPSA) is 46.5 Å². The van der Waals surface area contributed by atoms with Crippen LogP contribution < -0.4 is 0 Å². The van der Waals surface area contributed by atoms with Crippen LogP contribution in [0.15, 0.2) is 0 Å². The summed E-state index contributed by atoms with van der Waals surface area (Å²) < 4.78 is 5.72. The highest BCUT2D eigenvalue weighted by Crippen LogP contribution is 2.59. The summed E-state index contributed by atoms with van der Waals surface area (Å²) >= 11 is 0. The SMILES string of the molecule is CCOC(C)(C(=O)O)C1C2CC3CC(C2)CC1C3. The standard InChI is InChI=1S/C15H24O3/c1-3-18-15(2,14(16)17)13-11-5-9-4-10(7-11)8-12(13)6-9/h9-13H,3-8H2,1-2H3,(H,16,17). The van der Waals surface area contributed by atoms with E-state index in [4.69, 9.17) is 4.74 Å². The fourth-order valence-electron chi connectivity index (χ4n) is 5.43. The number of rotatable bonds is 4. The summed E-state index contributed by atoms with van der Waals surface area (Å²) in [5.74, 6) is 2.42. The molecule has 0 radical (unpaired) electrons. The molecule has 0 spiro atoms. The molecule has 0 heterocycles. The minimum atomic E-state index is -0.961. The van der Waals surface area contributed by atoms with E-state index in [1.165, 1.54) is 32.1 Å². The molecule has 0 aromatic heterocycles. The van der Waals surface area contributed by atoms with Crippen molar-refractivity contribution in [3.05, 3.63) is 0 Å². The second-order valence-electron chi connectivity index (χ2n) is 6.80. The van der Waals surface area contributed by atoms with Crippen molar-refractivity contribution in [3.63, 3.8) is 0 Å². The molecule has 0 aliphatic heterocycles. The zero-order valence-corrected chi connectivity index (χ0v) is 11.4. The quantitative estimate of drug-likeness (QED) is 0.836. The van der Waals surface area contributed by atoms with Crippen LogP contribution in [-0.2, 0) is 9.53 Å². The average molecular weight is 252 g/mol. The highest BCUT2D eigenvalue weighted by molar-refractivity contribution is 5.77. The first kappa shape index (κ1) is 12.5. The van der Waals surface area contributed by atoms with Crippen LogP contribution in [0.4, 0.5) is 0 Å². The Hall–Kier alpha value is -0.570. The van der Waals surface area contributed by atoms with Gasteiger partial charge in [-0.3, -0.25) is 0 Å². The van der Waals surface area contributed by atoms with Gasteiger partial charge in [0.1, 0.15) is 0 Å². The molecule has 1 unspecified atom stereocenters. The van der Waals surface area contributed by atoms with Crippen molar-refractivity contribution >= 4 is 5.97 Å². The molecule has 0 aromatic carbocycles. The molecule has 3 heteroatoms. The van der Waals surface area contributed by atoms with E-state index >= 15 is 0 Å². The first-order valence-corrected chi connectivity index (χ1v) is 7.42. The van der Waals surface area contributed by atoms with Gasteiger partial charge in [-0.1, -0.05) is 0 Å². The number of carbonyl (C=O) groups is 1. The first-order chi connectivity index (χ1) is 8.54. The van der Waals surface area contributed by atoms with Crippen molar-refractivity contribution < 1.29 is 14.6 Å². The number of aliphatic carboxylic acids is 1. The molecule has 4 rings (SSSR count). The summed E-state index contributed by atoms with van der Waals surface area (Å²) in [6.07, 6.45) is 6.38. The van der Waals surface area contributed by atoms with E-state index in [0.717, 1.165) is 11.8 Å². The molecule has 1 N–H and O–H groups in total. The minimum absolute atomic E-state index is 0.239. The Balaban J connectivity index is 1.88. The third-order valence-corrected chi connectivity index (χ3v) is 5.73. The predicted molar refractivity (Wildman–Crippen MR) is 68.2 cm³/mol. The number of hydrogen-bond donors (Lipinski definition) is 1. The van der Waals surface area contributed by atoms with Gasteiger partial charge in [-0.25, -0.2) is 4.79 Å². The third-order valence-electron chi connectivity index (χ3n) is 5.73. The minimum Gasteiger partial charge on any atom is -0.479 e. The molecule has 0 aromatic rings. The monoisotopic (exact) mass is 252 g/mol. The maximum atomic E-state index is 11.7. The van der Waals surface area contributed by atoms with Crippen LogP contribution in [0.1, 0.15) is 46.0 Å². The van der Waals surface area contributed by atoms with Crippen LogP contribution in [0.5, 0.6) is 0 Å². The number of hydrogen-bond acceptors (Lipinski definition) is 2. The number of carboxylic acid groups (broad SMARTS) is 1. The zero-order chi connectivity index (χ0) is 12.9. The lowest BCUT2D eigenvalue weighted by Gasteiger charge is -2.57. The van der Waals surface area contributed by atoms with Gasteiger partial charge in [-0.2, -0.15) is 0 Å². The summed E-state index contributed by atoms with van der Waals surface area (Å²) in [6, 6.07) is 0. The Bertz CT molecular complexity index is 324. The second kappa shape index (κ2) is 4.22. The van der Waals surface area contributed by atoms with Crippen LogP contribution in [0.3, 0.4) is 0 Å². The van der Waals surface area contributed by atoms with Crippen molar-refractivity contribution in [3.8, 4) is 0 Å². The van der Waals surface area contributed by atoms with E-state index in [9.17, 15) is 9.90 Å². The fraction of sp³-hybridized carbons (Fsp3) is 0.933. The molecule has 1 atom stereocenters. The highest BCUT2D eigenvalue weighted by Gasteiger charge is 2.57. The lowest BCUT2D eigenvalue weighted by atomic mass is 9.49. The largest absolute Gasteiger partial charge is 0.479 e. The summed E-state index contributed by atoms with van der Waals surface area (Å²) in [5, 5.41) is 9.62. The molecule has 3 nitrogen and oxygen atoms in total. The molecule has 4 bridgehead atoms. The van der Waals surface area contributed by atoms with E-state index in [1.54, 1.807) is 0 Å². The van der Waals surface area contributed by atoms with Gasteiger partial charge >= 0.3 is 5.97 Å². The molecule has 0 saturated heterocycles. The Morgan fingerprint density at radius 2 is 1.67 bits per heavy atom. The van der Waals surface area contributed by atoms with Crippen LogP contribution in [-0.4, -0.2) is 23.3 Å². The summed E-state index contributed by atoms with van der Waals surface area (Å²) in [7, 11) is 0. The lowest BCUT2D eigenvalue weighted by Crippen LogP contribution is -2.58. The third kappa shape index (κ3) is 1.70. The average Bonchev–Trinajstić information content (AvgIpc) is 2.27. The zero-order valence-electron chi connectivity index (χ0n) is 11.4. The molecule has 4 fully saturated rings. The summed E-state index contributed by atoms with van der Waals surface area (Å²) in [6.45, 7) is 4.20. The molecule has 4 aliphatic rings. The smallest absolute Gasteiger partial charge is 0.335 e. The molecular weight excluding hydrogens is 228 g/mol. The van der Waals surface area contributed by atoms with Crippen molar-refractivity contribution in [2.45, 2.75) is 51.6 Å². The van der Waals surface area contributed by atoms with Crippen LogP contribution in [0, 0.1) is 29.6 Å². The molecule has 18 heavy (non-hydrogen) atoms. The molecular formula is C15H24O3. The van der Waals surface area contributed by atoms with Gasteiger partial charge in [0.25, 0.3) is 0 Å². The van der Waals surface area contributed by atoms with E-state index in [0.29, 0.717) is 18.4 Å². The number of ether oxygens (including phenoxy) is 1. The van der Waals surface area contributed by atoms with Gasteiger partial charge in [0, 0.05) is 12.5 Å². The lowest BCUT2D eigenvalue weighted by molar-refractivity contribution is -0.194. The summed E-state index contributed by atoms with van der Waals surface area (Å²) in [5.41, 5.74) is -0.961. The van der Waals surface area contributed by atoms with Gasteiger partial charge in [0.15, 0.2) is 5.60 Å². The second-order valence-corrected chi connectivity index (χ2v) is 6.80. The molecule has 0 amide bonds. The Labute approximate surface area is 109 Å². The molecule has 4 aliphatic carbocycles. The Morgan fingerprint density at radius 3 is 2.06 bits per heavy atom. The highest BCUT2D eigenvalue weighted by atomic mass is 16.5. The molecule has 4 saturated carbocycles. The van der Waals surface area contributed by atoms with Gasteiger partial charge in [-0.05, 0) is 69.6 Å². The van der Waals surface area contributed by atoms with Crippen molar-refractivity contribution in [2.75, 3.05) is 6.61 Å². The Morgan fingerprint density at radius 1 is 1.17 bits per heavy atom.